The molecular weight excluding hydrogens is 392 g/mol. The van der Waals surface area contributed by atoms with Gasteiger partial charge in [0.1, 0.15) is 0 Å². The Kier molecular flexibility index (Phi) is 9.82. The number of rotatable bonds is 14. The van der Waals surface area contributed by atoms with Crippen molar-refractivity contribution in [2.45, 2.75) is 115 Å². The smallest absolute Gasteiger partial charge is 0.200 e. The maximum atomic E-state index is 10.6. The molecule has 2 N–H and O–H groups in total. The predicted octanol–water partition coefficient (Wildman–Crippen LogP) is 6.10. The van der Waals surface area contributed by atoms with Crippen molar-refractivity contribution in [2.75, 3.05) is 13.2 Å². The number of aliphatic hydroxyl groups excluding tert-OH is 1. The maximum absolute atomic E-state index is 10.6. The Morgan fingerprint density at radius 3 is 2.30 bits per heavy atom. The van der Waals surface area contributed by atoms with Gasteiger partial charge in [-0.3, -0.25) is 0 Å². The maximum Gasteiger partial charge on any atom is 0.200 e. The molecule has 5 heteroatoms. The summed E-state index contributed by atoms with van der Waals surface area (Å²) in [4.78, 5) is 0. The topological polar surface area (TPSA) is 58.9 Å². The summed E-state index contributed by atoms with van der Waals surface area (Å²) < 4.78 is 12.7. The minimum Gasteiger partial charge on any atom is -0.413 e. The van der Waals surface area contributed by atoms with E-state index >= 15 is 0 Å². The van der Waals surface area contributed by atoms with Gasteiger partial charge in [0, 0.05) is 18.4 Å². The van der Waals surface area contributed by atoms with Crippen LogP contribution in [0, 0.1) is 5.92 Å². The van der Waals surface area contributed by atoms with E-state index in [-0.39, 0.29) is 25.2 Å². The zero-order valence-electron chi connectivity index (χ0n) is 20.2. The Balaban J connectivity index is 2.06. The first-order valence-electron chi connectivity index (χ1n) is 12.1. The lowest BCUT2D eigenvalue weighted by molar-refractivity contribution is -0.145. The Hall–Kier alpha value is -0.463. The molecule has 0 radical (unpaired) electrons. The van der Waals surface area contributed by atoms with E-state index in [2.05, 4.69) is 59.8 Å². The Labute approximate surface area is 185 Å². The van der Waals surface area contributed by atoms with E-state index in [1.54, 1.807) is 5.57 Å². The van der Waals surface area contributed by atoms with E-state index in [1.807, 2.05) is 0 Å². The second-order valence-electron chi connectivity index (χ2n) is 10.3. The molecule has 1 saturated carbocycles. The van der Waals surface area contributed by atoms with Crippen LogP contribution in [-0.4, -0.2) is 43.6 Å². The summed E-state index contributed by atoms with van der Waals surface area (Å²) in [6.07, 6.45) is 14.0. The van der Waals surface area contributed by atoms with Crippen molar-refractivity contribution in [2.24, 2.45) is 5.92 Å². The van der Waals surface area contributed by atoms with E-state index in [0.29, 0.717) is 23.0 Å². The van der Waals surface area contributed by atoms with Crippen molar-refractivity contribution < 1.29 is 19.4 Å². The highest BCUT2D eigenvalue weighted by atomic mass is 28.4. The largest absolute Gasteiger partial charge is 0.413 e. The first-order chi connectivity index (χ1) is 14.2. The van der Waals surface area contributed by atoms with Crippen LogP contribution in [0.15, 0.2) is 23.8 Å². The molecule has 1 fully saturated rings. The van der Waals surface area contributed by atoms with Crippen molar-refractivity contribution in [3.8, 4) is 0 Å². The third-order valence-corrected chi connectivity index (χ3v) is 13.4. The Morgan fingerprint density at radius 2 is 1.77 bits per heavy atom. The van der Waals surface area contributed by atoms with Crippen molar-refractivity contribution in [3.63, 3.8) is 0 Å². The molecule has 2 unspecified atom stereocenters. The molecule has 0 amide bonds. The molecule has 0 heterocycles. The van der Waals surface area contributed by atoms with Gasteiger partial charge < -0.3 is 19.4 Å². The van der Waals surface area contributed by atoms with Crippen LogP contribution in [0.5, 0.6) is 0 Å². The third-order valence-electron chi connectivity index (χ3n) is 7.20. The number of ether oxygens (including phenoxy) is 1. The fourth-order valence-electron chi connectivity index (χ4n) is 5.61. The lowest BCUT2D eigenvalue weighted by Gasteiger charge is -2.45. The molecule has 2 rings (SSSR count). The van der Waals surface area contributed by atoms with Crippen molar-refractivity contribution in [3.05, 3.63) is 23.8 Å². The molecule has 0 aliphatic heterocycles. The Morgan fingerprint density at radius 1 is 1.10 bits per heavy atom. The lowest BCUT2D eigenvalue weighted by atomic mass is 9.98. The van der Waals surface area contributed by atoms with E-state index in [4.69, 9.17) is 14.3 Å². The fraction of sp³-hybridized carbons (Fsp3) is 0.840. The summed E-state index contributed by atoms with van der Waals surface area (Å²) in [7, 11) is -1.98. The molecule has 2 aliphatic carbocycles. The van der Waals surface area contributed by atoms with Gasteiger partial charge in [0.05, 0.1) is 13.2 Å². The van der Waals surface area contributed by atoms with Gasteiger partial charge in [0.2, 0.25) is 8.32 Å². The molecule has 174 valence electrons. The number of allylic oxidation sites excluding steroid dienone is 4. The number of hydrogen-bond donors (Lipinski definition) is 2. The van der Waals surface area contributed by atoms with Crippen molar-refractivity contribution in [1.29, 1.82) is 0 Å². The van der Waals surface area contributed by atoms with Gasteiger partial charge in [0.15, 0.2) is 5.79 Å². The van der Waals surface area contributed by atoms with Gasteiger partial charge in [-0.15, -0.1) is 0 Å². The van der Waals surface area contributed by atoms with E-state index in [0.717, 1.165) is 38.5 Å². The zero-order valence-corrected chi connectivity index (χ0v) is 21.2. The summed E-state index contributed by atoms with van der Waals surface area (Å²) in [5, 5.41) is 19.7. The van der Waals surface area contributed by atoms with E-state index in [9.17, 15) is 5.11 Å². The summed E-state index contributed by atoms with van der Waals surface area (Å²) in [5.41, 5.74) is 3.20. The average Bonchev–Trinajstić information content (AvgIpc) is 3.33. The summed E-state index contributed by atoms with van der Waals surface area (Å²) in [6, 6.07) is 0. The quantitative estimate of drug-likeness (QED) is 0.195. The van der Waals surface area contributed by atoms with Gasteiger partial charge in [0.25, 0.3) is 0 Å². The second kappa shape index (κ2) is 11.4. The third kappa shape index (κ3) is 6.52. The van der Waals surface area contributed by atoms with Crippen LogP contribution in [-0.2, 0) is 9.16 Å². The van der Waals surface area contributed by atoms with Crippen molar-refractivity contribution >= 4 is 8.32 Å². The van der Waals surface area contributed by atoms with Crippen LogP contribution < -0.4 is 0 Å². The Bertz CT molecular complexity index is 562. The fourth-order valence-corrected chi connectivity index (χ4v) is 11.2. The molecule has 0 aromatic carbocycles. The molecule has 0 saturated heterocycles. The summed E-state index contributed by atoms with van der Waals surface area (Å²) in [6.45, 7) is 14.1. The lowest BCUT2D eigenvalue weighted by Crippen LogP contribution is -2.50. The first-order valence-corrected chi connectivity index (χ1v) is 14.3. The van der Waals surface area contributed by atoms with Crippen LogP contribution in [0.2, 0.25) is 16.6 Å². The normalized spacial score (nSPS) is 25.3. The van der Waals surface area contributed by atoms with Gasteiger partial charge in [-0.25, -0.2) is 0 Å². The van der Waals surface area contributed by atoms with Crippen LogP contribution in [0.4, 0.5) is 0 Å². The van der Waals surface area contributed by atoms with Gasteiger partial charge in [-0.2, -0.15) is 0 Å². The minimum absolute atomic E-state index is 0.0530. The highest BCUT2D eigenvalue weighted by Gasteiger charge is 2.56. The molecule has 3 atom stereocenters. The molecule has 30 heavy (non-hydrogen) atoms. The summed E-state index contributed by atoms with van der Waals surface area (Å²) in [5.74, 6) is -0.942. The highest BCUT2D eigenvalue weighted by Crippen LogP contribution is 2.50. The molecule has 0 aromatic heterocycles. The number of hydrogen-bond acceptors (Lipinski definition) is 4. The first kappa shape index (κ1) is 25.8. The van der Waals surface area contributed by atoms with Gasteiger partial charge in [-0.05, 0) is 55.1 Å². The van der Waals surface area contributed by atoms with E-state index < -0.39 is 14.1 Å². The van der Waals surface area contributed by atoms with Crippen LogP contribution in [0.3, 0.4) is 0 Å². The molecule has 0 aromatic rings. The van der Waals surface area contributed by atoms with E-state index in [1.165, 1.54) is 0 Å². The standard InChI is InChI=1S/C25H46O4Si/c1-19(2)30(20(3)4,21(5)6)29-24(14-10-13-22-11-8-7-9-12-22)17-23-18-25(23,27)28-16-15-26/h7-8,12,19-21,23-24,26-27H,9-11,13-18H2,1-6H3/t23?,24?,25-/m1/s1. The molecular formula is C25H46O4Si. The SMILES string of the molecule is CC(C)[Si](OC(CCCC1=CCC=CC1)CC1C[C@@]1(O)OCCO)(C(C)C)C(C)C. The molecule has 4 nitrogen and oxygen atoms in total. The number of aliphatic hydroxyl groups is 2. The van der Waals surface area contributed by atoms with Crippen LogP contribution in [0.25, 0.3) is 0 Å². The molecule has 0 bridgehead atoms. The highest BCUT2D eigenvalue weighted by molar-refractivity contribution is 6.77. The average molecular weight is 439 g/mol. The van der Waals surface area contributed by atoms with Crippen LogP contribution >= 0.6 is 0 Å². The zero-order chi connectivity index (χ0) is 22.4. The molecule has 2 aliphatic rings. The van der Waals surface area contributed by atoms with Crippen molar-refractivity contribution in [1.82, 2.24) is 0 Å². The van der Waals surface area contributed by atoms with Gasteiger partial charge >= 0.3 is 0 Å². The second-order valence-corrected chi connectivity index (χ2v) is 15.7. The van der Waals surface area contributed by atoms with Gasteiger partial charge in [-0.1, -0.05) is 65.3 Å². The monoisotopic (exact) mass is 438 g/mol. The predicted molar refractivity (Wildman–Crippen MR) is 127 cm³/mol. The minimum atomic E-state index is -1.98. The molecule has 0 spiro atoms. The van der Waals surface area contributed by atoms with Crippen LogP contribution in [0.1, 0.15) is 86.5 Å². The summed E-state index contributed by atoms with van der Waals surface area (Å²) >= 11 is 0.